The van der Waals surface area contributed by atoms with E-state index in [-0.39, 0.29) is 11.5 Å². The van der Waals surface area contributed by atoms with Crippen LogP contribution in [0.2, 0.25) is 0 Å². The second-order valence-corrected chi connectivity index (χ2v) is 5.38. The van der Waals surface area contributed by atoms with Gasteiger partial charge in [0.05, 0.1) is 12.1 Å². The number of hydrogen-bond acceptors (Lipinski definition) is 3. The van der Waals surface area contributed by atoms with Crippen molar-refractivity contribution in [1.82, 2.24) is 10.2 Å². The minimum absolute atomic E-state index is 0.0220. The van der Waals surface area contributed by atoms with Crippen molar-refractivity contribution in [3.05, 3.63) is 0 Å². The second kappa shape index (κ2) is 7.85. The number of carbonyl (C=O) groups is 1. The van der Waals surface area contributed by atoms with Gasteiger partial charge in [0, 0.05) is 25.7 Å². The van der Waals surface area contributed by atoms with Gasteiger partial charge in [0.2, 0.25) is 5.91 Å². The van der Waals surface area contributed by atoms with E-state index in [4.69, 9.17) is 4.74 Å². The van der Waals surface area contributed by atoms with Gasteiger partial charge < -0.3 is 15.0 Å². The summed E-state index contributed by atoms with van der Waals surface area (Å²) in [6.07, 6.45) is 4.12. The van der Waals surface area contributed by atoms with E-state index in [1.165, 1.54) is 0 Å². The molecule has 0 aromatic rings. The predicted molar refractivity (Wildman–Crippen MR) is 78.2 cm³/mol. The molecule has 1 rings (SSSR count). The molecule has 0 aliphatic carbocycles. The second-order valence-electron chi connectivity index (χ2n) is 5.38. The molecule has 1 saturated heterocycles. The van der Waals surface area contributed by atoms with Gasteiger partial charge in [-0.3, -0.25) is 4.79 Å². The number of amides is 1. The smallest absolute Gasteiger partial charge is 0.236 e. The highest BCUT2D eigenvalue weighted by Gasteiger charge is 2.34. The molecule has 0 aromatic heterocycles. The zero-order valence-corrected chi connectivity index (χ0v) is 13.0. The lowest BCUT2D eigenvalue weighted by Gasteiger charge is -2.40. The summed E-state index contributed by atoms with van der Waals surface area (Å²) >= 11 is 0. The highest BCUT2D eigenvalue weighted by atomic mass is 16.5. The standard InChI is InChI=1S/C15H30N2O2/c1-5-15(6-2)11-13(9-10-19-15)16-12-14(18)17(7-3)8-4/h13,16H,5-12H2,1-4H3. The molecular weight excluding hydrogens is 240 g/mol. The zero-order chi connectivity index (χ0) is 14.3. The molecule has 1 fully saturated rings. The summed E-state index contributed by atoms with van der Waals surface area (Å²) in [5, 5.41) is 3.42. The maximum Gasteiger partial charge on any atom is 0.236 e. The largest absolute Gasteiger partial charge is 0.375 e. The number of likely N-dealkylation sites (N-methyl/N-ethyl adjacent to an activating group) is 1. The van der Waals surface area contributed by atoms with Gasteiger partial charge in [-0.15, -0.1) is 0 Å². The quantitative estimate of drug-likeness (QED) is 0.771. The van der Waals surface area contributed by atoms with Crippen molar-refractivity contribution in [2.45, 2.75) is 65.0 Å². The molecule has 112 valence electrons. The van der Waals surface area contributed by atoms with Crippen molar-refractivity contribution in [3.63, 3.8) is 0 Å². The molecule has 19 heavy (non-hydrogen) atoms. The molecule has 0 saturated carbocycles. The number of carbonyl (C=O) groups excluding carboxylic acids is 1. The molecule has 1 amide bonds. The van der Waals surface area contributed by atoms with E-state index >= 15 is 0 Å². The fourth-order valence-electron chi connectivity index (χ4n) is 2.86. The highest BCUT2D eigenvalue weighted by Crippen LogP contribution is 2.31. The van der Waals surface area contributed by atoms with Crippen LogP contribution >= 0.6 is 0 Å². The molecule has 0 radical (unpaired) electrons. The molecule has 1 N–H and O–H groups in total. The van der Waals surface area contributed by atoms with Gasteiger partial charge in [-0.2, -0.15) is 0 Å². The third-order valence-electron chi connectivity index (χ3n) is 4.44. The van der Waals surface area contributed by atoms with Crippen LogP contribution in [0.1, 0.15) is 53.4 Å². The van der Waals surface area contributed by atoms with Gasteiger partial charge in [0.25, 0.3) is 0 Å². The van der Waals surface area contributed by atoms with Gasteiger partial charge in [0.1, 0.15) is 0 Å². The van der Waals surface area contributed by atoms with Crippen molar-refractivity contribution in [2.24, 2.45) is 0 Å². The average Bonchev–Trinajstić information content (AvgIpc) is 2.46. The molecule has 1 unspecified atom stereocenters. The molecule has 4 heteroatoms. The van der Waals surface area contributed by atoms with Crippen molar-refractivity contribution in [1.29, 1.82) is 0 Å². The van der Waals surface area contributed by atoms with Gasteiger partial charge in [-0.05, 0) is 39.5 Å². The summed E-state index contributed by atoms with van der Waals surface area (Å²) in [5.41, 5.74) is 0.0220. The van der Waals surface area contributed by atoms with E-state index in [1.54, 1.807) is 0 Å². The number of nitrogens with one attached hydrogen (secondary N) is 1. The Morgan fingerprint density at radius 1 is 1.26 bits per heavy atom. The first-order chi connectivity index (χ1) is 9.10. The van der Waals surface area contributed by atoms with Gasteiger partial charge in [0.15, 0.2) is 0 Å². The SMILES string of the molecule is CCN(CC)C(=O)CNC1CCOC(CC)(CC)C1. The number of nitrogens with zero attached hydrogens (tertiary/aromatic N) is 1. The molecule has 1 aliphatic rings. The summed E-state index contributed by atoms with van der Waals surface area (Å²) in [4.78, 5) is 13.9. The summed E-state index contributed by atoms with van der Waals surface area (Å²) in [7, 11) is 0. The third kappa shape index (κ3) is 4.46. The van der Waals surface area contributed by atoms with Crippen LogP contribution in [-0.2, 0) is 9.53 Å². The normalized spacial score (nSPS) is 22.2. The Morgan fingerprint density at radius 3 is 2.42 bits per heavy atom. The number of hydrogen-bond donors (Lipinski definition) is 1. The monoisotopic (exact) mass is 270 g/mol. The first kappa shape index (κ1) is 16.4. The van der Waals surface area contributed by atoms with E-state index in [0.717, 1.165) is 45.4 Å². The van der Waals surface area contributed by atoms with Crippen LogP contribution in [0.25, 0.3) is 0 Å². The minimum Gasteiger partial charge on any atom is -0.375 e. The van der Waals surface area contributed by atoms with E-state index < -0.39 is 0 Å². The van der Waals surface area contributed by atoms with Crippen LogP contribution in [0.3, 0.4) is 0 Å². The lowest BCUT2D eigenvalue weighted by Crippen LogP contribution is -2.49. The summed E-state index contributed by atoms with van der Waals surface area (Å²) in [6.45, 7) is 11.3. The Labute approximate surface area is 117 Å². The Kier molecular flexibility index (Phi) is 6.80. The molecule has 1 aliphatic heterocycles. The van der Waals surface area contributed by atoms with E-state index in [9.17, 15) is 4.79 Å². The van der Waals surface area contributed by atoms with Crippen LogP contribution in [0.15, 0.2) is 0 Å². The van der Waals surface area contributed by atoms with E-state index in [1.807, 2.05) is 18.7 Å². The van der Waals surface area contributed by atoms with Crippen molar-refractivity contribution >= 4 is 5.91 Å². The molecule has 1 heterocycles. The maximum absolute atomic E-state index is 12.0. The average molecular weight is 270 g/mol. The number of rotatable bonds is 7. The topological polar surface area (TPSA) is 41.6 Å². The van der Waals surface area contributed by atoms with Crippen LogP contribution in [0, 0.1) is 0 Å². The van der Waals surface area contributed by atoms with Gasteiger partial charge in [-0.1, -0.05) is 13.8 Å². The summed E-state index contributed by atoms with van der Waals surface area (Å²) in [5.74, 6) is 0.204. The molecule has 4 nitrogen and oxygen atoms in total. The molecule has 0 bridgehead atoms. The molecule has 1 atom stereocenters. The van der Waals surface area contributed by atoms with E-state index in [0.29, 0.717) is 12.6 Å². The third-order valence-corrected chi connectivity index (χ3v) is 4.44. The lowest BCUT2D eigenvalue weighted by atomic mass is 9.86. The predicted octanol–water partition coefficient (Wildman–Crippen LogP) is 2.18. The Morgan fingerprint density at radius 2 is 1.89 bits per heavy atom. The summed E-state index contributed by atoms with van der Waals surface area (Å²) in [6, 6.07) is 0.410. The highest BCUT2D eigenvalue weighted by molar-refractivity contribution is 5.78. The lowest BCUT2D eigenvalue weighted by molar-refractivity contribution is -0.130. The fraction of sp³-hybridized carbons (Fsp3) is 0.933. The molecular formula is C15H30N2O2. The first-order valence-corrected chi connectivity index (χ1v) is 7.75. The van der Waals surface area contributed by atoms with Crippen molar-refractivity contribution in [3.8, 4) is 0 Å². The van der Waals surface area contributed by atoms with Gasteiger partial charge in [-0.25, -0.2) is 0 Å². The Bertz CT molecular complexity index is 273. The first-order valence-electron chi connectivity index (χ1n) is 7.75. The zero-order valence-electron chi connectivity index (χ0n) is 13.0. The van der Waals surface area contributed by atoms with E-state index in [2.05, 4.69) is 19.2 Å². The Balaban J connectivity index is 2.43. The minimum atomic E-state index is 0.0220. The molecule has 0 aromatic carbocycles. The van der Waals surface area contributed by atoms with Crippen LogP contribution in [0.4, 0.5) is 0 Å². The van der Waals surface area contributed by atoms with Crippen molar-refractivity contribution < 1.29 is 9.53 Å². The van der Waals surface area contributed by atoms with Gasteiger partial charge >= 0.3 is 0 Å². The van der Waals surface area contributed by atoms with Crippen molar-refractivity contribution in [2.75, 3.05) is 26.2 Å². The fourth-order valence-corrected chi connectivity index (χ4v) is 2.86. The van der Waals surface area contributed by atoms with Crippen LogP contribution in [-0.4, -0.2) is 48.7 Å². The Hall–Kier alpha value is -0.610. The van der Waals surface area contributed by atoms with Crippen LogP contribution < -0.4 is 5.32 Å². The number of ether oxygens (including phenoxy) is 1. The summed E-state index contributed by atoms with van der Waals surface area (Å²) < 4.78 is 5.96. The maximum atomic E-state index is 12.0. The molecule has 0 spiro atoms. The van der Waals surface area contributed by atoms with Crippen LogP contribution in [0.5, 0.6) is 0 Å².